The SMILES string of the molecule is Cc1nc2ccccc2nc1SC1CCOC1=O. The Kier molecular flexibility index (Phi) is 2.91. The van der Waals surface area contributed by atoms with Gasteiger partial charge in [0.15, 0.2) is 0 Å². The third kappa shape index (κ3) is 2.06. The maximum absolute atomic E-state index is 11.5. The van der Waals surface area contributed by atoms with E-state index in [-0.39, 0.29) is 11.2 Å². The van der Waals surface area contributed by atoms with E-state index in [9.17, 15) is 4.79 Å². The summed E-state index contributed by atoms with van der Waals surface area (Å²) in [6.45, 7) is 2.43. The monoisotopic (exact) mass is 260 g/mol. The Morgan fingerprint density at radius 3 is 2.67 bits per heavy atom. The lowest BCUT2D eigenvalue weighted by Gasteiger charge is -2.08. The molecule has 3 rings (SSSR count). The minimum absolute atomic E-state index is 0.140. The molecule has 0 spiro atoms. The zero-order valence-corrected chi connectivity index (χ0v) is 10.7. The second kappa shape index (κ2) is 4.57. The number of rotatable bonds is 2. The van der Waals surface area contributed by atoms with Crippen molar-refractivity contribution in [3.05, 3.63) is 30.0 Å². The van der Waals surface area contributed by atoms with Crippen LogP contribution in [0.2, 0.25) is 0 Å². The van der Waals surface area contributed by atoms with Gasteiger partial charge < -0.3 is 4.74 Å². The van der Waals surface area contributed by atoms with E-state index in [0.29, 0.717) is 6.61 Å². The maximum Gasteiger partial charge on any atom is 0.319 e. The van der Waals surface area contributed by atoms with Gasteiger partial charge in [-0.3, -0.25) is 4.79 Å². The quantitative estimate of drug-likeness (QED) is 0.776. The van der Waals surface area contributed by atoms with E-state index in [1.54, 1.807) is 0 Å². The van der Waals surface area contributed by atoms with Crippen LogP contribution in [-0.4, -0.2) is 27.8 Å². The topological polar surface area (TPSA) is 52.1 Å². The number of benzene rings is 1. The lowest BCUT2D eigenvalue weighted by molar-refractivity contribution is -0.137. The number of nitrogens with zero attached hydrogens (tertiary/aromatic N) is 2. The van der Waals surface area contributed by atoms with Crippen LogP contribution < -0.4 is 0 Å². The summed E-state index contributed by atoms with van der Waals surface area (Å²) < 4.78 is 4.96. The van der Waals surface area contributed by atoms with Gasteiger partial charge in [0.25, 0.3) is 0 Å². The van der Waals surface area contributed by atoms with Gasteiger partial charge in [-0.1, -0.05) is 23.9 Å². The fourth-order valence-corrected chi connectivity index (χ4v) is 2.92. The number of aryl methyl sites for hydroxylation is 1. The van der Waals surface area contributed by atoms with Gasteiger partial charge in [-0.25, -0.2) is 9.97 Å². The van der Waals surface area contributed by atoms with Crippen molar-refractivity contribution in [2.45, 2.75) is 23.6 Å². The van der Waals surface area contributed by atoms with E-state index >= 15 is 0 Å². The zero-order valence-electron chi connectivity index (χ0n) is 9.92. The molecule has 4 nitrogen and oxygen atoms in total. The Labute approximate surface area is 109 Å². The van der Waals surface area contributed by atoms with Crippen LogP contribution in [0.1, 0.15) is 12.1 Å². The first-order valence-corrected chi connectivity index (χ1v) is 6.69. The van der Waals surface area contributed by atoms with Gasteiger partial charge in [-0.2, -0.15) is 0 Å². The molecule has 0 aliphatic carbocycles. The maximum atomic E-state index is 11.5. The molecule has 1 aliphatic heterocycles. The number of aromatic nitrogens is 2. The first-order valence-electron chi connectivity index (χ1n) is 5.81. The van der Waals surface area contributed by atoms with Crippen molar-refractivity contribution in [1.29, 1.82) is 0 Å². The first kappa shape index (κ1) is 11.5. The van der Waals surface area contributed by atoms with Crippen molar-refractivity contribution >= 4 is 28.8 Å². The van der Waals surface area contributed by atoms with Crippen molar-refractivity contribution in [2.24, 2.45) is 0 Å². The number of hydrogen-bond acceptors (Lipinski definition) is 5. The number of thioether (sulfide) groups is 1. The van der Waals surface area contributed by atoms with Crippen molar-refractivity contribution in [3.63, 3.8) is 0 Å². The van der Waals surface area contributed by atoms with Gasteiger partial charge in [-0.05, 0) is 19.1 Å². The van der Waals surface area contributed by atoms with E-state index < -0.39 is 0 Å². The number of ether oxygens (including phenoxy) is 1. The molecular formula is C13H12N2O2S. The second-order valence-corrected chi connectivity index (χ2v) is 5.36. The molecule has 1 fully saturated rings. The average molecular weight is 260 g/mol. The summed E-state index contributed by atoms with van der Waals surface area (Å²) >= 11 is 1.45. The Bertz CT molecular complexity index is 615. The highest BCUT2D eigenvalue weighted by atomic mass is 32.2. The van der Waals surface area contributed by atoms with Crippen LogP contribution in [0.15, 0.2) is 29.3 Å². The van der Waals surface area contributed by atoms with E-state index in [1.807, 2.05) is 31.2 Å². The minimum atomic E-state index is -0.144. The van der Waals surface area contributed by atoms with Gasteiger partial charge in [0.05, 0.1) is 23.3 Å². The van der Waals surface area contributed by atoms with Crippen LogP contribution >= 0.6 is 11.8 Å². The van der Waals surface area contributed by atoms with Crippen LogP contribution in [0.5, 0.6) is 0 Å². The van der Waals surface area contributed by atoms with Crippen molar-refractivity contribution < 1.29 is 9.53 Å². The fraction of sp³-hybridized carbons (Fsp3) is 0.308. The van der Waals surface area contributed by atoms with Gasteiger partial charge >= 0.3 is 5.97 Å². The van der Waals surface area contributed by atoms with Gasteiger partial charge in [0.1, 0.15) is 10.3 Å². The summed E-state index contributed by atoms with van der Waals surface area (Å²) in [7, 11) is 0. The summed E-state index contributed by atoms with van der Waals surface area (Å²) in [6, 6.07) is 7.74. The molecule has 1 atom stereocenters. The Balaban J connectivity index is 1.96. The predicted molar refractivity (Wildman–Crippen MR) is 69.5 cm³/mol. The number of carbonyl (C=O) groups is 1. The molecule has 1 aromatic heterocycles. The third-order valence-electron chi connectivity index (χ3n) is 2.84. The number of cyclic esters (lactones) is 1. The van der Waals surface area contributed by atoms with Crippen LogP contribution in [0, 0.1) is 6.92 Å². The van der Waals surface area contributed by atoms with Gasteiger partial charge in [-0.15, -0.1) is 0 Å². The van der Waals surface area contributed by atoms with Crippen LogP contribution in [0.4, 0.5) is 0 Å². The van der Waals surface area contributed by atoms with Crippen molar-refractivity contribution in [1.82, 2.24) is 9.97 Å². The summed E-state index contributed by atoms with van der Waals surface area (Å²) in [5, 5.41) is 0.678. The van der Waals surface area contributed by atoms with E-state index in [1.165, 1.54) is 11.8 Å². The molecule has 1 aromatic carbocycles. The molecule has 1 unspecified atom stereocenters. The predicted octanol–water partition coefficient (Wildman–Crippen LogP) is 2.35. The lowest BCUT2D eigenvalue weighted by Crippen LogP contribution is -2.10. The lowest BCUT2D eigenvalue weighted by atomic mass is 10.3. The molecule has 2 aromatic rings. The molecule has 18 heavy (non-hydrogen) atoms. The Morgan fingerprint density at radius 2 is 2.00 bits per heavy atom. The molecule has 2 heterocycles. The van der Waals surface area contributed by atoms with Gasteiger partial charge in [0, 0.05) is 6.42 Å². The largest absolute Gasteiger partial charge is 0.465 e. The highest BCUT2D eigenvalue weighted by molar-refractivity contribution is 8.00. The summed E-state index contributed by atoms with van der Waals surface area (Å²) in [4.78, 5) is 20.5. The highest BCUT2D eigenvalue weighted by Gasteiger charge is 2.28. The fourth-order valence-electron chi connectivity index (χ4n) is 1.90. The zero-order chi connectivity index (χ0) is 12.5. The third-order valence-corrected chi connectivity index (χ3v) is 4.17. The molecular weight excluding hydrogens is 248 g/mol. The van der Waals surface area contributed by atoms with Crippen LogP contribution in [0.25, 0.3) is 11.0 Å². The van der Waals surface area contributed by atoms with Crippen LogP contribution in [-0.2, 0) is 9.53 Å². The normalized spacial score (nSPS) is 19.2. The summed E-state index contributed by atoms with van der Waals surface area (Å²) in [5.41, 5.74) is 2.60. The molecule has 1 aliphatic rings. The minimum Gasteiger partial charge on any atom is -0.465 e. The molecule has 0 saturated carbocycles. The molecule has 5 heteroatoms. The number of para-hydroxylation sites is 2. The van der Waals surface area contributed by atoms with Gasteiger partial charge in [0.2, 0.25) is 0 Å². The molecule has 0 bridgehead atoms. The number of esters is 1. The number of hydrogen-bond donors (Lipinski definition) is 0. The Hall–Kier alpha value is -1.62. The molecule has 0 N–H and O–H groups in total. The van der Waals surface area contributed by atoms with E-state index in [2.05, 4.69) is 9.97 Å². The molecule has 1 saturated heterocycles. The first-order chi connectivity index (χ1) is 8.74. The molecule has 0 radical (unpaired) electrons. The summed E-state index contributed by atoms with van der Waals surface area (Å²) in [6.07, 6.45) is 0.747. The molecule has 92 valence electrons. The number of fused-ring (bicyclic) bond motifs is 1. The highest BCUT2D eigenvalue weighted by Crippen LogP contribution is 2.30. The number of carbonyl (C=O) groups excluding carboxylic acids is 1. The second-order valence-electron chi connectivity index (χ2n) is 4.17. The average Bonchev–Trinajstić information content (AvgIpc) is 2.76. The smallest absolute Gasteiger partial charge is 0.319 e. The van der Waals surface area contributed by atoms with Crippen molar-refractivity contribution in [2.75, 3.05) is 6.61 Å². The molecule has 0 amide bonds. The summed E-state index contributed by atoms with van der Waals surface area (Å²) in [5.74, 6) is -0.144. The van der Waals surface area contributed by atoms with E-state index in [0.717, 1.165) is 28.2 Å². The van der Waals surface area contributed by atoms with Crippen molar-refractivity contribution in [3.8, 4) is 0 Å². The van der Waals surface area contributed by atoms with E-state index in [4.69, 9.17) is 4.74 Å². The standard InChI is InChI=1S/C13H12N2O2S/c1-8-12(18-11-6-7-17-13(11)16)15-10-5-3-2-4-9(10)14-8/h2-5,11H,6-7H2,1H3. The Morgan fingerprint density at radius 1 is 1.28 bits per heavy atom. The van der Waals surface area contributed by atoms with Crippen LogP contribution in [0.3, 0.4) is 0 Å².